The average Bonchev–Trinajstić information content (AvgIpc) is 2.54. The topological polar surface area (TPSA) is 48.1 Å². The Balaban J connectivity index is 2.32. The van der Waals surface area contributed by atoms with Crippen LogP contribution < -0.4 is 10.5 Å². The van der Waals surface area contributed by atoms with Crippen molar-refractivity contribution >= 4 is 10.8 Å². The maximum atomic E-state index is 14.4. The molecule has 1 aromatic heterocycles. The smallest absolute Gasteiger partial charge is 0.134 e. The van der Waals surface area contributed by atoms with Gasteiger partial charge in [-0.3, -0.25) is 4.98 Å². The Morgan fingerprint density at radius 1 is 1.18 bits per heavy atom. The summed E-state index contributed by atoms with van der Waals surface area (Å²) in [6, 6.07) is 10.8. The molecule has 3 aromatic rings. The first-order chi connectivity index (χ1) is 10.7. The lowest BCUT2D eigenvalue weighted by atomic mass is 9.95. The molecule has 0 atom stereocenters. The lowest BCUT2D eigenvalue weighted by molar-refractivity contribution is 0.411. The summed E-state index contributed by atoms with van der Waals surface area (Å²) in [5, 5.41) is 1.96. The normalized spacial score (nSPS) is 10.9. The molecule has 0 radical (unpaired) electrons. The SMILES string of the molecule is COc1ccc(-c2cnc(CN)c3cccc(C)c23)c(F)c1. The van der Waals surface area contributed by atoms with Crippen LogP contribution in [0, 0.1) is 12.7 Å². The third-order valence-electron chi connectivity index (χ3n) is 3.86. The molecular formula is C18H17FN2O. The first kappa shape index (κ1) is 14.5. The van der Waals surface area contributed by atoms with Crippen LogP contribution >= 0.6 is 0 Å². The van der Waals surface area contributed by atoms with E-state index in [1.807, 2.05) is 25.1 Å². The first-order valence-electron chi connectivity index (χ1n) is 7.07. The summed E-state index contributed by atoms with van der Waals surface area (Å²) in [4.78, 5) is 4.40. The molecule has 0 amide bonds. The quantitative estimate of drug-likeness (QED) is 0.799. The van der Waals surface area contributed by atoms with Gasteiger partial charge in [0.2, 0.25) is 0 Å². The molecule has 3 nitrogen and oxygen atoms in total. The van der Waals surface area contributed by atoms with Crippen LogP contribution in [0.25, 0.3) is 21.9 Å². The van der Waals surface area contributed by atoms with Crippen molar-refractivity contribution in [2.75, 3.05) is 7.11 Å². The van der Waals surface area contributed by atoms with E-state index in [2.05, 4.69) is 4.98 Å². The van der Waals surface area contributed by atoms with E-state index in [1.165, 1.54) is 13.2 Å². The number of rotatable bonds is 3. The Morgan fingerprint density at radius 3 is 2.68 bits per heavy atom. The van der Waals surface area contributed by atoms with E-state index < -0.39 is 0 Å². The molecule has 2 N–H and O–H groups in total. The number of aryl methyl sites for hydroxylation is 1. The van der Waals surface area contributed by atoms with Gasteiger partial charge in [-0.15, -0.1) is 0 Å². The van der Waals surface area contributed by atoms with Gasteiger partial charge in [0.1, 0.15) is 11.6 Å². The van der Waals surface area contributed by atoms with Crippen LogP contribution in [0.3, 0.4) is 0 Å². The minimum absolute atomic E-state index is 0.328. The van der Waals surface area contributed by atoms with Gasteiger partial charge < -0.3 is 10.5 Å². The Bertz CT molecular complexity index is 846. The number of pyridine rings is 1. The summed E-state index contributed by atoms with van der Waals surface area (Å²) < 4.78 is 19.5. The van der Waals surface area contributed by atoms with Crippen LogP contribution in [0.2, 0.25) is 0 Å². The standard InChI is InChI=1S/C18H17FN2O/c1-11-4-3-5-14-17(9-20)21-10-15(18(11)14)13-7-6-12(22-2)8-16(13)19/h3-8,10H,9,20H2,1-2H3. The van der Waals surface area contributed by atoms with Gasteiger partial charge in [0.15, 0.2) is 0 Å². The van der Waals surface area contributed by atoms with Crippen molar-refractivity contribution in [3.8, 4) is 16.9 Å². The number of benzene rings is 2. The van der Waals surface area contributed by atoms with Crippen molar-refractivity contribution in [1.29, 1.82) is 0 Å². The molecule has 0 aliphatic heterocycles. The molecule has 3 rings (SSSR count). The summed E-state index contributed by atoms with van der Waals surface area (Å²) in [7, 11) is 1.52. The van der Waals surface area contributed by atoms with Crippen molar-refractivity contribution in [3.05, 3.63) is 59.7 Å². The third kappa shape index (κ3) is 2.31. The van der Waals surface area contributed by atoms with Gasteiger partial charge in [-0.1, -0.05) is 18.2 Å². The van der Waals surface area contributed by atoms with Crippen LogP contribution in [-0.4, -0.2) is 12.1 Å². The van der Waals surface area contributed by atoms with Gasteiger partial charge in [-0.2, -0.15) is 0 Å². The van der Waals surface area contributed by atoms with E-state index in [9.17, 15) is 4.39 Å². The van der Waals surface area contributed by atoms with Gasteiger partial charge in [0.05, 0.1) is 12.8 Å². The molecule has 0 aliphatic carbocycles. The second kappa shape index (κ2) is 5.73. The first-order valence-corrected chi connectivity index (χ1v) is 7.07. The Hall–Kier alpha value is -2.46. The molecule has 112 valence electrons. The molecule has 0 saturated carbocycles. The monoisotopic (exact) mass is 296 g/mol. The van der Waals surface area contributed by atoms with E-state index in [-0.39, 0.29) is 5.82 Å². The van der Waals surface area contributed by atoms with Crippen molar-refractivity contribution in [2.24, 2.45) is 5.73 Å². The Morgan fingerprint density at radius 2 is 2.00 bits per heavy atom. The lowest BCUT2D eigenvalue weighted by Crippen LogP contribution is -2.02. The summed E-state index contributed by atoms with van der Waals surface area (Å²) in [6.07, 6.45) is 1.70. The Labute approximate surface area is 128 Å². The highest BCUT2D eigenvalue weighted by atomic mass is 19.1. The number of hydrogen-bond donors (Lipinski definition) is 1. The molecular weight excluding hydrogens is 279 g/mol. The van der Waals surface area contributed by atoms with Gasteiger partial charge in [0.25, 0.3) is 0 Å². The van der Waals surface area contributed by atoms with E-state index in [4.69, 9.17) is 10.5 Å². The number of methoxy groups -OCH3 is 1. The number of hydrogen-bond acceptors (Lipinski definition) is 3. The maximum Gasteiger partial charge on any atom is 0.134 e. The van der Waals surface area contributed by atoms with Gasteiger partial charge in [-0.25, -0.2) is 4.39 Å². The molecule has 0 saturated heterocycles. The van der Waals surface area contributed by atoms with Crippen LogP contribution in [0.4, 0.5) is 4.39 Å². The minimum Gasteiger partial charge on any atom is -0.497 e. The molecule has 22 heavy (non-hydrogen) atoms. The zero-order valence-corrected chi connectivity index (χ0v) is 12.6. The van der Waals surface area contributed by atoms with E-state index >= 15 is 0 Å². The number of nitrogens with zero attached hydrogens (tertiary/aromatic N) is 1. The van der Waals surface area contributed by atoms with Crippen LogP contribution in [0.5, 0.6) is 5.75 Å². The molecule has 4 heteroatoms. The number of fused-ring (bicyclic) bond motifs is 1. The molecule has 2 aromatic carbocycles. The van der Waals surface area contributed by atoms with Crippen molar-refractivity contribution in [3.63, 3.8) is 0 Å². The van der Waals surface area contributed by atoms with Crippen LogP contribution in [0.15, 0.2) is 42.6 Å². The number of halogens is 1. The highest BCUT2D eigenvalue weighted by molar-refractivity contribution is 5.99. The van der Waals surface area contributed by atoms with E-state index in [0.29, 0.717) is 17.9 Å². The molecule has 1 heterocycles. The predicted molar refractivity (Wildman–Crippen MR) is 86.3 cm³/mol. The zero-order valence-electron chi connectivity index (χ0n) is 12.6. The molecule has 0 aliphatic rings. The van der Waals surface area contributed by atoms with E-state index in [0.717, 1.165) is 27.6 Å². The summed E-state index contributed by atoms with van der Waals surface area (Å²) >= 11 is 0. The fraction of sp³-hybridized carbons (Fsp3) is 0.167. The maximum absolute atomic E-state index is 14.4. The summed E-state index contributed by atoms with van der Waals surface area (Å²) in [5.41, 5.74) is 8.93. The van der Waals surface area contributed by atoms with Crippen molar-refractivity contribution in [1.82, 2.24) is 4.98 Å². The molecule has 0 unspecified atom stereocenters. The number of nitrogens with two attached hydrogens (primary N) is 1. The lowest BCUT2D eigenvalue weighted by Gasteiger charge is -2.13. The van der Waals surface area contributed by atoms with Gasteiger partial charge in [0, 0.05) is 35.3 Å². The number of aromatic nitrogens is 1. The molecule has 0 bridgehead atoms. The predicted octanol–water partition coefficient (Wildman–Crippen LogP) is 3.82. The third-order valence-corrected chi connectivity index (χ3v) is 3.86. The largest absolute Gasteiger partial charge is 0.497 e. The van der Waals surface area contributed by atoms with Crippen molar-refractivity contribution < 1.29 is 9.13 Å². The summed E-state index contributed by atoms with van der Waals surface area (Å²) in [5.74, 6) is 0.167. The fourth-order valence-corrected chi connectivity index (χ4v) is 2.75. The minimum atomic E-state index is -0.328. The molecule has 0 fully saturated rings. The fourth-order valence-electron chi connectivity index (χ4n) is 2.75. The van der Waals surface area contributed by atoms with Crippen molar-refractivity contribution in [2.45, 2.75) is 13.5 Å². The Kier molecular flexibility index (Phi) is 3.77. The second-order valence-electron chi connectivity index (χ2n) is 5.17. The van der Waals surface area contributed by atoms with Gasteiger partial charge >= 0.3 is 0 Å². The average molecular weight is 296 g/mol. The van der Waals surface area contributed by atoms with Gasteiger partial charge in [-0.05, 0) is 30.0 Å². The van der Waals surface area contributed by atoms with Crippen LogP contribution in [0.1, 0.15) is 11.3 Å². The summed E-state index contributed by atoms with van der Waals surface area (Å²) in [6.45, 7) is 2.36. The zero-order chi connectivity index (χ0) is 15.7. The highest BCUT2D eigenvalue weighted by Gasteiger charge is 2.14. The second-order valence-corrected chi connectivity index (χ2v) is 5.17. The number of ether oxygens (including phenoxy) is 1. The molecule has 0 spiro atoms. The van der Waals surface area contributed by atoms with Crippen LogP contribution in [-0.2, 0) is 6.54 Å². The van der Waals surface area contributed by atoms with E-state index in [1.54, 1.807) is 18.3 Å². The highest BCUT2D eigenvalue weighted by Crippen LogP contribution is 2.34.